The molecule has 0 unspecified atom stereocenters. The van der Waals surface area contributed by atoms with Gasteiger partial charge in [0.2, 0.25) is 0 Å². The van der Waals surface area contributed by atoms with Gasteiger partial charge in [0.25, 0.3) is 0 Å². The number of aromatic nitrogens is 2. The average molecular weight is 242 g/mol. The highest BCUT2D eigenvalue weighted by atomic mass is 35.5. The largest absolute Gasteiger partial charge is 0.354 e. The fourth-order valence-electron chi connectivity index (χ4n) is 1.55. The molecule has 90 valence electrons. The second-order valence-electron chi connectivity index (χ2n) is 3.86. The first-order valence-electron chi connectivity index (χ1n) is 6.01. The van der Waals surface area contributed by atoms with Gasteiger partial charge in [0.1, 0.15) is 0 Å². The molecular weight excluding hydrogens is 222 g/mol. The van der Waals surface area contributed by atoms with E-state index in [0.29, 0.717) is 5.15 Å². The van der Waals surface area contributed by atoms with Crippen molar-refractivity contribution in [2.24, 2.45) is 0 Å². The number of anilines is 1. The zero-order chi connectivity index (χ0) is 11.8. The zero-order valence-electron chi connectivity index (χ0n) is 10.1. The van der Waals surface area contributed by atoms with Gasteiger partial charge in [-0.2, -0.15) is 0 Å². The Balaban J connectivity index is 2.70. The minimum atomic E-state index is 0.509. The van der Waals surface area contributed by atoms with Gasteiger partial charge < -0.3 is 4.90 Å². The Kier molecular flexibility index (Phi) is 6.16. The summed E-state index contributed by atoms with van der Waals surface area (Å²) in [6.45, 7) is 6.40. The van der Waals surface area contributed by atoms with Crippen LogP contribution in [-0.4, -0.2) is 23.1 Å². The molecule has 0 aromatic carbocycles. The van der Waals surface area contributed by atoms with E-state index in [1.807, 2.05) is 0 Å². The van der Waals surface area contributed by atoms with Gasteiger partial charge in [0, 0.05) is 25.5 Å². The maximum Gasteiger partial charge on any atom is 0.171 e. The van der Waals surface area contributed by atoms with Crippen LogP contribution in [0.4, 0.5) is 5.82 Å². The summed E-state index contributed by atoms with van der Waals surface area (Å²) in [4.78, 5) is 10.6. The van der Waals surface area contributed by atoms with Crippen molar-refractivity contribution in [1.82, 2.24) is 9.97 Å². The number of nitrogens with zero attached hydrogens (tertiary/aromatic N) is 3. The van der Waals surface area contributed by atoms with Crippen molar-refractivity contribution in [3.05, 3.63) is 17.5 Å². The van der Waals surface area contributed by atoms with Gasteiger partial charge in [-0.05, 0) is 12.8 Å². The molecule has 0 saturated heterocycles. The van der Waals surface area contributed by atoms with Crippen LogP contribution < -0.4 is 4.90 Å². The third-order valence-corrected chi connectivity index (χ3v) is 2.77. The SMILES string of the molecule is CCCCN(CCCC)c1nccnc1Cl. The Hall–Kier alpha value is -0.830. The Labute approximate surface area is 103 Å². The van der Waals surface area contributed by atoms with E-state index in [4.69, 9.17) is 11.6 Å². The molecule has 1 aromatic heterocycles. The summed E-state index contributed by atoms with van der Waals surface area (Å²) in [5.74, 6) is 0.825. The van der Waals surface area contributed by atoms with E-state index >= 15 is 0 Å². The highest BCUT2D eigenvalue weighted by molar-refractivity contribution is 6.31. The first kappa shape index (κ1) is 13.2. The van der Waals surface area contributed by atoms with E-state index < -0.39 is 0 Å². The Morgan fingerprint density at radius 3 is 2.12 bits per heavy atom. The molecule has 0 aliphatic heterocycles. The third kappa shape index (κ3) is 3.97. The highest BCUT2D eigenvalue weighted by Crippen LogP contribution is 2.20. The summed E-state index contributed by atoms with van der Waals surface area (Å²) in [6, 6.07) is 0. The molecule has 0 N–H and O–H groups in total. The molecule has 0 radical (unpaired) electrons. The topological polar surface area (TPSA) is 29.0 Å². The molecule has 1 aromatic rings. The molecule has 4 heteroatoms. The highest BCUT2D eigenvalue weighted by Gasteiger charge is 2.11. The number of unbranched alkanes of at least 4 members (excludes halogenated alkanes) is 2. The standard InChI is InChI=1S/C12H20ClN3/c1-3-5-9-16(10-6-4-2)12-11(13)14-7-8-15-12/h7-8H,3-6,9-10H2,1-2H3. The van der Waals surface area contributed by atoms with Gasteiger partial charge in [-0.15, -0.1) is 0 Å². The summed E-state index contributed by atoms with van der Waals surface area (Å²) < 4.78 is 0. The first-order valence-corrected chi connectivity index (χ1v) is 6.38. The maximum absolute atomic E-state index is 6.06. The second-order valence-corrected chi connectivity index (χ2v) is 4.22. The molecule has 0 saturated carbocycles. The van der Waals surface area contributed by atoms with Crippen molar-refractivity contribution in [1.29, 1.82) is 0 Å². The van der Waals surface area contributed by atoms with Crippen LogP contribution in [0.15, 0.2) is 12.4 Å². The smallest absolute Gasteiger partial charge is 0.171 e. The lowest BCUT2D eigenvalue weighted by molar-refractivity contribution is 0.670. The molecule has 1 rings (SSSR count). The van der Waals surface area contributed by atoms with Crippen molar-refractivity contribution in [3.63, 3.8) is 0 Å². The number of hydrogen-bond donors (Lipinski definition) is 0. The molecular formula is C12H20ClN3. The van der Waals surface area contributed by atoms with Gasteiger partial charge in [-0.25, -0.2) is 9.97 Å². The summed E-state index contributed by atoms with van der Waals surface area (Å²) in [5, 5.41) is 0.509. The monoisotopic (exact) mass is 241 g/mol. The average Bonchev–Trinajstić information content (AvgIpc) is 2.31. The quantitative estimate of drug-likeness (QED) is 0.731. The Morgan fingerprint density at radius 1 is 1.06 bits per heavy atom. The minimum absolute atomic E-state index is 0.509. The molecule has 1 heterocycles. The predicted molar refractivity (Wildman–Crippen MR) is 69.1 cm³/mol. The van der Waals surface area contributed by atoms with Gasteiger partial charge in [-0.3, -0.25) is 0 Å². The third-order valence-electron chi connectivity index (χ3n) is 2.50. The number of halogens is 1. The normalized spacial score (nSPS) is 10.4. The molecule has 0 aliphatic carbocycles. The molecule has 0 bridgehead atoms. The second kappa shape index (κ2) is 7.44. The summed E-state index contributed by atoms with van der Waals surface area (Å²) in [5.41, 5.74) is 0. The Morgan fingerprint density at radius 2 is 1.62 bits per heavy atom. The first-order chi connectivity index (χ1) is 7.79. The Bertz CT molecular complexity index is 296. The summed E-state index contributed by atoms with van der Waals surface area (Å²) >= 11 is 6.06. The van der Waals surface area contributed by atoms with Crippen LogP contribution in [0.25, 0.3) is 0 Å². The van der Waals surface area contributed by atoms with Crippen LogP contribution in [0.1, 0.15) is 39.5 Å². The number of hydrogen-bond acceptors (Lipinski definition) is 3. The fraction of sp³-hybridized carbons (Fsp3) is 0.667. The molecule has 0 atom stereocenters. The van der Waals surface area contributed by atoms with Gasteiger partial charge in [0.15, 0.2) is 11.0 Å². The molecule has 3 nitrogen and oxygen atoms in total. The zero-order valence-corrected chi connectivity index (χ0v) is 10.9. The van der Waals surface area contributed by atoms with Gasteiger partial charge in [0.05, 0.1) is 0 Å². The number of rotatable bonds is 7. The van der Waals surface area contributed by atoms with Crippen molar-refractivity contribution < 1.29 is 0 Å². The van der Waals surface area contributed by atoms with Crippen molar-refractivity contribution in [2.75, 3.05) is 18.0 Å². The summed E-state index contributed by atoms with van der Waals surface area (Å²) in [7, 11) is 0. The molecule has 0 spiro atoms. The molecule has 0 amide bonds. The van der Waals surface area contributed by atoms with Crippen LogP contribution in [0.2, 0.25) is 5.15 Å². The fourth-order valence-corrected chi connectivity index (χ4v) is 1.77. The van der Waals surface area contributed by atoms with Crippen molar-refractivity contribution in [3.8, 4) is 0 Å². The van der Waals surface area contributed by atoms with Crippen LogP contribution in [0.5, 0.6) is 0 Å². The van der Waals surface area contributed by atoms with Gasteiger partial charge >= 0.3 is 0 Å². The molecule has 0 aliphatic rings. The maximum atomic E-state index is 6.06. The molecule has 16 heavy (non-hydrogen) atoms. The van der Waals surface area contributed by atoms with E-state index in [0.717, 1.165) is 31.7 Å². The van der Waals surface area contributed by atoms with Crippen LogP contribution in [0.3, 0.4) is 0 Å². The lowest BCUT2D eigenvalue weighted by atomic mass is 10.2. The van der Waals surface area contributed by atoms with Crippen LogP contribution >= 0.6 is 11.6 Å². The van der Waals surface area contributed by atoms with E-state index in [1.165, 1.54) is 12.8 Å². The van der Waals surface area contributed by atoms with E-state index in [-0.39, 0.29) is 0 Å². The van der Waals surface area contributed by atoms with Crippen molar-refractivity contribution in [2.45, 2.75) is 39.5 Å². The van der Waals surface area contributed by atoms with E-state index in [9.17, 15) is 0 Å². The van der Waals surface area contributed by atoms with Gasteiger partial charge in [-0.1, -0.05) is 38.3 Å². The minimum Gasteiger partial charge on any atom is -0.354 e. The van der Waals surface area contributed by atoms with Crippen LogP contribution in [-0.2, 0) is 0 Å². The van der Waals surface area contributed by atoms with Crippen molar-refractivity contribution >= 4 is 17.4 Å². The summed E-state index contributed by atoms with van der Waals surface area (Å²) in [6.07, 6.45) is 8.02. The van der Waals surface area contributed by atoms with E-state index in [2.05, 4.69) is 28.7 Å². The predicted octanol–water partition coefficient (Wildman–Crippen LogP) is 3.54. The lowest BCUT2D eigenvalue weighted by Gasteiger charge is -2.23. The lowest BCUT2D eigenvalue weighted by Crippen LogP contribution is -2.27. The molecule has 0 fully saturated rings. The van der Waals surface area contributed by atoms with Crippen LogP contribution in [0, 0.1) is 0 Å². The van der Waals surface area contributed by atoms with E-state index in [1.54, 1.807) is 12.4 Å².